The molecule has 0 aromatic heterocycles. The van der Waals surface area contributed by atoms with Gasteiger partial charge in [-0.15, -0.1) is 0 Å². The standard InChI is InChI=1S/C15H25N3O2S/c1-12-4-5-15(10-13(12)2)17-21(19,20)18-8-6-14(7-9-18)11-16-3/h4-5,10,14,16-17H,6-9,11H2,1-3H3. The summed E-state index contributed by atoms with van der Waals surface area (Å²) in [5.41, 5.74) is 2.88. The van der Waals surface area contributed by atoms with Crippen molar-refractivity contribution in [2.24, 2.45) is 5.92 Å². The number of aryl methyl sites for hydroxylation is 2. The highest BCUT2D eigenvalue weighted by Gasteiger charge is 2.27. The van der Waals surface area contributed by atoms with Crippen molar-refractivity contribution < 1.29 is 8.42 Å². The van der Waals surface area contributed by atoms with Gasteiger partial charge in [-0.1, -0.05) is 6.07 Å². The van der Waals surface area contributed by atoms with E-state index in [1.54, 1.807) is 4.31 Å². The molecule has 0 aliphatic carbocycles. The van der Waals surface area contributed by atoms with Crippen molar-refractivity contribution in [3.05, 3.63) is 29.3 Å². The van der Waals surface area contributed by atoms with Crippen LogP contribution in [0.4, 0.5) is 5.69 Å². The van der Waals surface area contributed by atoms with Gasteiger partial charge in [-0.05, 0) is 69.5 Å². The van der Waals surface area contributed by atoms with E-state index in [1.807, 2.05) is 39.1 Å². The lowest BCUT2D eigenvalue weighted by atomic mass is 9.98. The zero-order chi connectivity index (χ0) is 15.5. The molecule has 2 rings (SSSR count). The summed E-state index contributed by atoms with van der Waals surface area (Å²) in [5, 5.41) is 3.16. The fourth-order valence-electron chi connectivity index (χ4n) is 2.66. The second kappa shape index (κ2) is 6.77. The Morgan fingerprint density at radius 3 is 2.43 bits per heavy atom. The summed E-state index contributed by atoms with van der Waals surface area (Å²) in [6.45, 7) is 6.13. The van der Waals surface area contributed by atoms with Gasteiger partial charge in [0.05, 0.1) is 5.69 Å². The molecule has 0 bridgehead atoms. The molecule has 1 heterocycles. The van der Waals surface area contributed by atoms with E-state index in [0.717, 1.165) is 30.5 Å². The summed E-state index contributed by atoms with van der Waals surface area (Å²) < 4.78 is 29.1. The highest BCUT2D eigenvalue weighted by molar-refractivity contribution is 7.90. The Labute approximate surface area is 127 Å². The molecule has 1 aliphatic rings. The maximum Gasteiger partial charge on any atom is 0.301 e. The minimum absolute atomic E-state index is 0.572. The van der Waals surface area contributed by atoms with E-state index >= 15 is 0 Å². The lowest BCUT2D eigenvalue weighted by Crippen LogP contribution is -2.43. The third-order valence-corrected chi connectivity index (χ3v) is 5.70. The highest BCUT2D eigenvalue weighted by Crippen LogP contribution is 2.21. The fraction of sp³-hybridized carbons (Fsp3) is 0.600. The van der Waals surface area contributed by atoms with Gasteiger partial charge < -0.3 is 5.32 Å². The van der Waals surface area contributed by atoms with Crippen molar-refractivity contribution >= 4 is 15.9 Å². The second-order valence-corrected chi connectivity index (χ2v) is 7.48. The molecule has 1 aliphatic heterocycles. The predicted molar refractivity (Wildman–Crippen MR) is 86.7 cm³/mol. The zero-order valence-corrected chi connectivity index (χ0v) is 13.8. The molecule has 1 aromatic carbocycles. The van der Waals surface area contributed by atoms with Crippen LogP contribution in [0.3, 0.4) is 0 Å². The summed E-state index contributed by atoms with van der Waals surface area (Å²) in [6, 6.07) is 5.63. The number of piperidine rings is 1. The first-order valence-corrected chi connectivity index (χ1v) is 8.86. The summed E-state index contributed by atoms with van der Waals surface area (Å²) in [5.74, 6) is 0.572. The Kier molecular flexibility index (Phi) is 5.24. The van der Waals surface area contributed by atoms with Gasteiger partial charge in [0.25, 0.3) is 0 Å². The van der Waals surface area contributed by atoms with E-state index in [2.05, 4.69) is 10.0 Å². The minimum atomic E-state index is -3.44. The number of rotatable bonds is 5. The van der Waals surface area contributed by atoms with Crippen LogP contribution < -0.4 is 10.0 Å². The van der Waals surface area contributed by atoms with E-state index in [0.29, 0.717) is 24.7 Å². The van der Waals surface area contributed by atoms with Crippen LogP contribution in [-0.4, -0.2) is 39.4 Å². The van der Waals surface area contributed by atoms with Gasteiger partial charge in [0.15, 0.2) is 0 Å². The van der Waals surface area contributed by atoms with Crippen LogP contribution >= 0.6 is 0 Å². The molecule has 5 nitrogen and oxygen atoms in total. The van der Waals surface area contributed by atoms with Crippen LogP contribution in [0.5, 0.6) is 0 Å². The van der Waals surface area contributed by atoms with Gasteiger partial charge >= 0.3 is 10.2 Å². The molecule has 1 fully saturated rings. The van der Waals surface area contributed by atoms with Crippen molar-refractivity contribution in [3.63, 3.8) is 0 Å². The molecule has 1 saturated heterocycles. The first-order valence-electron chi connectivity index (χ1n) is 7.42. The Bertz CT molecular complexity index is 579. The highest BCUT2D eigenvalue weighted by atomic mass is 32.2. The average molecular weight is 311 g/mol. The number of hydrogen-bond acceptors (Lipinski definition) is 3. The maximum absolute atomic E-state index is 12.4. The van der Waals surface area contributed by atoms with Crippen molar-refractivity contribution in [2.45, 2.75) is 26.7 Å². The van der Waals surface area contributed by atoms with Gasteiger partial charge in [0, 0.05) is 13.1 Å². The van der Waals surface area contributed by atoms with Crippen LogP contribution in [0.2, 0.25) is 0 Å². The average Bonchev–Trinajstić information content (AvgIpc) is 2.44. The van der Waals surface area contributed by atoms with Crippen LogP contribution in [-0.2, 0) is 10.2 Å². The van der Waals surface area contributed by atoms with E-state index in [4.69, 9.17) is 0 Å². The largest absolute Gasteiger partial charge is 0.319 e. The molecule has 0 atom stereocenters. The molecule has 118 valence electrons. The summed E-state index contributed by atoms with van der Waals surface area (Å²) >= 11 is 0. The third kappa shape index (κ3) is 4.18. The van der Waals surface area contributed by atoms with Crippen molar-refractivity contribution in [1.82, 2.24) is 9.62 Å². The molecule has 1 aromatic rings. The molecule has 0 amide bonds. The van der Waals surface area contributed by atoms with E-state index in [1.165, 1.54) is 0 Å². The third-order valence-electron chi connectivity index (χ3n) is 4.16. The lowest BCUT2D eigenvalue weighted by molar-refractivity contribution is 0.272. The zero-order valence-electron chi connectivity index (χ0n) is 13.0. The van der Waals surface area contributed by atoms with E-state index in [-0.39, 0.29) is 0 Å². The Morgan fingerprint density at radius 2 is 1.86 bits per heavy atom. The molecule has 0 saturated carbocycles. The second-order valence-electron chi connectivity index (χ2n) is 5.81. The minimum Gasteiger partial charge on any atom is -0.319 e. The first-order chi connectivity index (χ1) is 9.92. The first kappa shape index (κ1) is 16.3. The number of nitrogens with zero attached hydrogens (tertiary/aromatic N) is 1. The Hall–Kier alpha value is -1.11. The predicted octanol–water partition coefficient (Wildman–Crippen LogP) is 1.89. The Morgan fingerprint density at radius 1 is 1.19 bits per heavy atom. The van der Waals surface area contributed by atoms with Gasteiger partial charge in [-0.25, -0.2) is 0 Å². The van der Waals surface area contributed by atoms with Crippen LogP contribution in [0.25, 0.3) is 0 Å². The molecule has 0 spiro atoms. The topological polar surface area (TPSA) is 61.4 Å². The molecule has 0 unspecified atom stereocenters. The van der Waals surface area contributed by atoms with Crippen molar-refractivity contribution in [1.29, 1.82) is 0 Å². The normalized spacial score (nSPS) is 17.9. The van der Waals surface area contributed by atoms with Gasteiger partial charge in [-0.3, -0.25) is 4.72 Å². The van der Waals surface area contributed by atoms with Gasteiger partial charge in [-0.2, -0.15) is 12.7 Å². The lowest BCUT2D eigenvalue weighted by Gasteiger charge is -2.31. The summed E-state index contributed by atoms with van der Waals surface area (Å²) in [7, 11) is -1.51. The number of benzene rings is 1. The quantitative estimate of drug-likeness (QED) is 0.873. The van der Waals surface area contributed by atoms with Crippen molar-refractivity contribution in [2.75, 3.05) is 31.4 Å². The van der Waals surface area contributed by atoms with E-state index < -0.39 is 10.2 Å². The van der Waals surface area contributed by atoms with Gasteiger partial charge in [0.1, 0.15) is 0 Å². The molecule has 21 heavy (non-hydrogen) atoms. The van der Waals surface area contributed by atoms with Crippen LogP contribution in [0.15, 0.2) is 18.2 Å². The molecule has 6 heteroatoms. The summed E-state index contributed by atoms with van der Waals surface area (Å²) in [6.07, 6.45) is 1.82. The summed E-state index contributed by atoms with van der Waals surface area (Å²) in [4.78, 5) is 0. The molecular weight excluding hydrogens is 286 g/mol. The molecular formula is C15H25N3O2S. The SMILES string of the molecule is CNCC1CCN(S(=O)(=O)Nc2ccc(C)c(C)c2)CC1. The fourth-order valence-corrected chi connectivity index (χ4v) is 3.91. The van der Waals surface area contributed by atoms with Crippen LogP contribution in [0, 0.1) is 19.8 Å². The Balaban J connectivity index is 2.00. The van der Waals surface area contributed by atoms with Crippen LogP contribution in [0.1, 0.15) is 24.0 Å². The number of anilines is 1. The monoisotopic (exact) mass is 311 g/mol. The number of nitrogens with one attached hydrogen (secondary N) is 2. The smallest absolute Gasteiger partial charge is 0.301 e. The molecule has 2 N–H and O–H groups in total. The van der Waals surface area contributed by atoms with E-state index in [9.17, 15) is 8.42 Å². The molecule has 0 radical (unpaired) electrons. The van der Waals surface area contributed by atoms with Gasteiger partial charge in [0.2, 0.25) is 0 Å². The maximum atomic E-state index is 12.4. The van der Waals surface area contributed by atoms with Crippen molar-refractivity contribution in [3.8, 4) is 0 Å². The number of hydrogen-bond donors (Lipinski definition) is 2.